The van der Waals surface area contributed by atoms with Gasteiger partial charge in [0.15, 0.2) is 0 Å². The number of methoxy groups -OCH3 is 1. The Hall–Kier alpha value is -0.445. The molecule has 1 aromatic rings. The van der Waals surface area contributed by atoms with Gasteiger partial charge in [-0.15, -0.1) is 0 Å². The van der Waals surface area contributed by atoms with Gasteiger partial charge in [-0.1, -0.05) is 0 Å². The molecule has 0 fully saturated rings. The topological polar surface area (TPSA) is 12.5 Å². The van der Waals surface area contributed by atoms with Crippen molar-refractivity contribution in [2.24, 2.45) is 0 Å². The first-order valence-corrected chi connectivity index (χ1v) is 8.28. The molecule has 0 saturated heterocycles. The van der Waals surface area contributed by atoms with Gasteiger partial charge in [0.2, 0.25) is 0 Å². The van der Waals surface area contributed by atoms with Crippen molar-refractivity contribution in [3.05, 3.63) is 35.9 Å². The molecule has 1 rings (SSSR count). The minimum absolute atomic E-state index is 0.634. The zero-order valence-corrected chi connectivity index (χ0v) is 11.9. The Balaban J connectivity index is 2.65. The first-order valence-electron chi connectivity index (χ1n) is 5.84. The molecule has 0 N–H and O–H groups in total. The molecule has 0 saturated carbocycles. The molecule has 0 spiro atoms. The maximum atomic E-state index is 6.29. The van der Waals surface area contributed by atoms with E-state index in [0.717, 1.165) is 18.2 Å². The normalized spacial score (nSPS) is 14.9. The van der Waals surface area contributed by atoms with Crippen LogP contribution in [0.4, 0.5) is 0 Å². The SMILES string of the molecule is B#S(C)(CC)CN(COC)Cc1ccccc1. The van der Waals surface area contributed by atoms with Gasteiger partial charge in [0.25, 0.3) is 0 Å². The van der Waals surface area contributed by atoms with E-state index in [4.69, 9.17) is 11.3 Å². The van der Waals surface area contributed by atoms with E-state index in [0.29, 0.717) is 6.73 Å². The van der Waals surface area contributed by atoms with Gasteiger partial charge >= 0.3 is 107 Å². The Bertz CT molecular complexity index is 423. The molecule has 0 aromatic heterocycles. The van der Waals surface area contributed by atoms with Crippen molar-refractivity contribution in [2.75, 3.05) is 31.7 Å². The first-order chi connectivity index (χ1) is 8.07. The second kappa shape index (κ2) is 7.09. The van der Waals surface area contributed by atoms with Crippen LogP contribution in [0, 0.1) is 0 Å². The van der Waals surface area contributed by atoms with E-state index >= 15 is 0 Å². The van der Waals surface area contributed by atoms with Gasteiger partial charge in [-0.2, -0.15) is 0 Å². The molecule has 94 valence electrons. The van der Waals surface area contributed by atoms with Crippen LogP contribution in [0.3, 0.4) is 0 Å². The summed E-state index contributed by atoms with van der Waals surface area (Å²) >= 11 is 0. The molecule has 4 heteroatoms. The summed E-state index contributed by atoms with van der Waals surface area (Å²) in [4.78, 5) is 2.27. The van der Waals surface area contributed by atoms with Crippen molar-refractivity contribution in [2.45, 2.75) is 13.5 Å². The van der Waals surface area contributed by atoms with Gasteiger partial charge in [-0.3, -0.25) is 0 Å². The Morgan fingerprint density at radius 1 is 1.29 bits per heavy atom. The molecule has 0 bridgehead atoms. The third kappa shape index (κ3) is 5.62. The molecule has 0 aliphatic carbocycles. The fourth-order valence-corrected chi connectivity index (χ4v) is 2.84. The molecular weight excluding hydrogens is 229 g/mol. The summed E-state index contributed by atoms with van der Waals surface area (Å²) in [7, 11) is 0.714. The molecule has 0 aliphatic rings. The van der Waals surface area contributed by atoms with Crippen LogP contribution in [0.5, 0.6) is 0 Å². The van der Waals surface area contributed by atoms with Crippen LogP contribution in [0.1, 0.15) is 12.5 Å². The van der Waals surface area contributed by atoms with E-state index in [9.17, 15) is 0 Å². The van der Waals surface area contributed by atoms with Crippen molar-refractivity contribution in [1.29, 1.82) is 0 Å². The third-order valence-corrected chi connectivity index (χ3v) is 4.97. The molecule has 17 heavy (non-hydrogen) atoms. The fraction of sp³-hybridized carbons (Fsp3) is 0.538. The van der Waals surface area contributed by atoms with E-state index in [2.05, 4.69) is 42.3 Å². The van der Waals surface area contributed by atoms with Gasteiger partial charge in [0.05, 0.1) is 0 Å². The molecule has 2 nitrogen and oxygen atoms in total. The molecule has 0 amide bonds. The average molecular weight is 251 g/mol. The van der Waals surface area contributed by atoms with E-state index in [1.807, 2.05) is 6.07 Å². The van der Waals surface area contributed by atoms with E-state index in [1.165, 1.54) is 5.56 Å². The molecule has 0 aliphatic heterocycles. The van der Waals surface area contributed by atoms with Crippen LogP contribution in [-0.4, -0.2) is 43.2 Å². The van der Waals surface area contributed by atoms with Crippen molar-refractivity contribution in [1.82, 2.24) is 4.90 Å². The predicted octanol–water partition coefficient (Wildman–Crippen LogP) is 2.59. The van der Waals surface area contributed by atoms with Crippen LogP contribution in [-0.2, 0) is 11.3 Å². The van der Waals surface area contributed by atoms with Crippen molar-refractivity contribution >= 4 is 15.8 Å². The van der Waals surface area contributed by atoms with Crippen molar-refractivity contribution in [3.63, 3.8) is 0 Å². The van der Waals surface area contributed by atoms with E-state index < -0.39 is 9.26 Å². The Morgan fingerprint density at radius 3 is 2.47 bits per heavy atom. The van der Waals surface area contributed by atoms with Crippen molar-refractivity contribution < 1.29 is 4.74 Å². The van der Waals surface area contributed by atoms with Gasteiger partial charge in [-0.05, 0) is 0 Å². The quantitative estimate of drug-likeness (QED) is 0.589. The Kier molecular flexibility index (Phi) is 6.10. The second-order valence-corrected chi connectivity index (χ2v) is 8.04. The summed E-state index contributed by atoms with van der Waals surface area (Å²) in [5.74, 6) is 1.97. The Morgan fingerprint density at radius 2 is 1.94 bits per heavy atom. The Labute approximate surface area is 107 Å². The minimum atomic E-state index is -1.02. The number of ether oxygens (including phenoxy) is 1. The standard InChI is InChI=1S/C13H22BNOS/c1-4-17(3,14)12-15(11-16-2)10-13-8-6-5-7-9-13/h5-9H,4,10-12H2,1-3H3. The maximum absolute atomic E-state index is 6.29. The second-order valence-electron chi connectivity index (χ2n) is 4.50. The van der Waals surface area contributed by atoms with Crippen LogP contribution in [0.15, 0.2) is 30.3 Å². The van der Waals surface area contributed by atoms with Gasteiger partial charge in [-0.25, -0.2) is 0 Å². The molecule has 0 heterocycles. The van der Waals surface area contributed by atoms with Gasteiger partial charge in [0, 0.05) is 0 Å². The summed E-state index contributed by atoms with van der Waals surface area (Å²) in [6.07, 6.45) is 2.17. The van der Waals surface area contributed by atoms with Gasteiger partial charge < -0.3 is 0 Å². The molecule has 1 aromatic carbocycles. The van der Waals surface area contributed by atoms with Crippen molar-refractivity contribution in [3.8, 4) is 0 Å². The summed E-state index contributed by atoms with van der Waals surface area (Å²) < 4.78 is 5.25. The zero-order chi connectivity index (χ0) is 12.7. The average Bonchev–Trinajstić information content (AvgIpc) is 2.30. The van der Waals surface area contributed by atoms with E-state index in [-0.39, 0.29) is 0 Å². The number of hydrogen-bond donors (Lipinski definition) is 0. The molecule has 1 atom stereocenters. The van der Waals surface area contributed by atoms with E-state index in [1.54, 1.807) is 7.11 Å². The molecular formula is C13H22BNOS. The number of rotatable bonds is 5. The summed E-state index contributed by atoms with van der Waals surface area (Å²) in [6, 6.07) is 10.4. The number of nitrogens with zero attached hydrogens (tertiary/aromatic N) is 1. The number of hydrogen-bond acceptors (Lipinski definition) is 2. The van der Waals surface area contributed by atoms with Crippen LogP contribution in [0.2, 0.25) is 0 Å². The van der Waals surface area contributed by atoms with Gasteiger partial charge in [0.1, 0.15) is 0 Å². The first kappa shape index (κ1) is 14.6. The molecule has 1 unspecified atom stereocenters. The van der Waals surface area contributed by atoms with Crippen LogP contribution in [0.25, 0.3) is 0 Å². The predicted molar refractivity (Wildman–Crippen MR) is 78.5 cm³/mol. The third-order valence-electron chi connectivity index (χ3n) is 2.70. The fourth-order valence-electron chi connectivity index (χ4n) is 1.66. The monoisotopic (exact) mass is 251 g/mol. The van der Waals surface area contributed by atoms with Crippen LogP contribution >= 0.6 is 9.26 Å². The number of benzene rings is 1. The summed E-state index contributed by atoms with van der Waals surface area (Å²) in [6.45, 7) is 9.97. The summed E-state index contributed by atoms with van der Waals surface area (Å²) in [5, 5.41) is 0. The zero-order valence-electron chi connectivity index (χ0n) is 11.1. The molecule has 0 radical (unpaired) electrons. The summed E-state index contributed by atoms with van der Waals surface area (Å²) in [5.41, 5.74) is 1.30. The van der Waals surface area contributed by atoms with Crippen LogP contribution < -0.4 is 0 Å².